The first-order valence-electron chi connectivity index (χ1n) is 9.84. The summed E-state index contributed by atoms with van der Waals surface area (Å²) in [6.07, 6.45) is 4.12. The fourth-order valence-electron chi connectivity index (χ4n) is 4.56. The van der Waals surface area contributed by atoms with Gasteiger partial charge >= 0.3 is 0 Å². The number of hydrogen-bond acceptors (Lipinski definition) is 5. The molecule has 5 nitrogen and oxygen atoms in total. The summed E-state index contributed by atoms with van der Waals surface area (Å²) >= 11 is 0. The normalized spacial score (nSPS) is 18.1. The molecule has 0 radical (unpaired) electrons. The van der Waals surface area contributed by atoms with E-state index in [0.29, 0.717) is 6.42 Å². The van der Waals surface area contributed by atoms with Crippen molar-refractivity contribution in [3.63, 3.8) is 0 Å². The summed E-state index contributed by atoms with van der Waals surface area (Å²) in [6, 6.07) is 13.9. The Morgan fingerprint density at radius 2 is 1.90 bits per heavy atom. The molecule has 3 aromatic rings. The van der Waals surface area contributed by atoms with Crippen LogP contribution in [0, 0.1) is 0 Å². The van der Waals surface area contributed by atoms with Gasteiger partial charge in [0.25, 0.3) is 0 Å². The number of aromatic nitrogens is 1. The molecule has 2 heterocycles. The fourth-order valence-corrected chi connectivity index (χ4v) is 4.56. The molecule has 2 aromatic carbocycles. The molecule has 0 fully saturated rings. The van der Waals surface area contributed by atoms with Gasteiger partial charge in [-0.25, -0.2) is 0 Å². The maximum atomic E-state index is 13.0. The predicted molar refractivity (Wildman–Crippen MR) is 113 cm³/mol. The SMILES string of the molecule is COc1ccc(C2C3=C(CCCC3=O)Nc3c2ccc2ncccc32)c(OC)c1. The van der Waals surface area contributed by atoms with Gasteiger partial charge in [0, 0.05) is 46.8 Å². The molecule has 1 aromatic heterocycles. The van der Waals surface area contributed by atoms with Crippen LogP contribution in [0.25, 0.3) is 10.9 Å². The van der Waals surface area contributed by atoms with Crippen LogP contribution in [-0.4, -0.2) is 25.0 Å². The van der Waals surface area contributed by atoms with Crippen molar-refractivity contribution >= 4 is 22.4 Å². The average Bonchev–Trinajstić information content (AvgIpc) is 2.77. The van der Waals surface area contributed by atoms with E-state index in [1.54, 1.807) is 20.4 Å². The second-order valence-electron chi connectivity index (χ2n) is 7.43. The zero-order chi connectivity index (χ0) is 20.0. The lowest BCUT2D eigenvalue weighted by molar-refractivity contribution is -0.116. The summed E-state index contributed by atoms with van der Waals surface area (Å²) in [4.78, 5) is 17.5. The van der Waals surface area contributed by atoms with E-state index in [2.05, 4.69) is 22.4 Å². The molecule has 5 rings (SSSR count). The van der Waals surface area contributed by atoms with E-state index in [1.807, 2.05) is 30.3 Å². The number of benzene rings is 2. The number of nitrogens with one attached hydrogen (secondary N) is 1. The number of allylic oxidation sites excluding steroid dienone is 2. The van der Waals surface area contributed by atoms with Crippen molar-refractivity contribution in [1.82, 2.24) is 4.98 Å². The van der Waals surface area contributed by atoms with E-state index in [1.165, 1.54) is 0 Å². The maximum Gasteiger partial charge on any atom is 0.161 e. The van der Waals surface area contributed by atoms with Crippen LogP contribution in [0.4, 0.5) is 5.69 Å². The van der Waals surface area contributed by atoms with Crippen molar-refractivity contribution in [2.45, 2.75) is 25.2 Å². The van der Waals surface area contributed by atoms with Crippen LogP contribution in [0.15, 0.2) is 59.9 Å². The molecule has 0 amide bonds. The van der Waals surface area contributed by atoms with Gasteiger partial charge in [-0.3, -0.25) is 9.78 Å². The first kappa shape index (κ1) is 17.7. The van der Waals surface area contributed by atoms with Crippen LogP contribution in [0.1, 0.15) is 36.3 Å². The van der Waals surface area contributed by atoms with Gasteiger partial charge in [0.05, 0.1) is 25.4 Å². The van der Waals surface area contributed by atoms with Crippen molar-refractivity contribution in [2.24, 2.45) is 0 Å². The molecule has 5 heteroatoms. The molecule has 1 N–H and O–H groups in total. The topological polar surface area (TPSA) is 60.5 Å². The van der Waals surface area contributed by atoms with Crippen LogP contribution in [0.3, 0.4) is 0 Å². The third kappa shape index (κ3) is 2.77. The third-order valence-electron chi connectivity index (χ3n) is 5.90. The van der Waals surface area contributed by atoms with Crippen LogP contribution in [-0.2, 0) is 4.79 Å². The second kappa shape index (κ2) is 6.92. The Kier molecular flexibility index (Phi) is 4.23. The highest BCUT2D eigenvalue weighted by molar-refractivity contribution is 6.04. The highest BCUT2D eigenvalue weighted by Crippen LogP contribution is 2.49. The van der Waals surface area contributed by atoms with Gasteiger partial charge in [0.15, 0.2) is 5.78 Å². The summed E-state index contributed by atoms with van der Waals surface area (Å²) in [6.45, 7) is 0. The lowest BCUT2D eigenvalue weighted by Crippen LogP contribution is -2.27. The number of rotatable bonds is 3. The largest absolute Gasteiger partial charge is 0.497 e. The van der Waals surface area contributed by atoms with Gasteiger partial charge in [-0.2, -0.15) is 0 Å². The lowest BCUT2D eigenvalue weighted by atomic mass is 9.74. The molecule has 0 spiro atoms. The Hall–Kier alpha value is -3.34. The Morgan fingerprint density at radius 1 is 1.03 bits per heavy atom. The Labute approximate surface area is 169 Å². The van der Waals surface area contributed by atoms with E-state index < -0.39 is 0 Å². The maximum absolute atomic E-state index is 13.0. The van der Waals surface area contributed by atoms with Crippen molar-refractivity contribution in [2.75, 3.05) is 19.5 Å². The minimum atomic E-state index is -0.181. The van der Waals surface area contributed by atoms with Crippen LogP contribution in [0.5, 0.6) is 11.5 Å². The summed E-state index contributed by atoms with van der Waals surface area (Å²) in [5.41, 5.74) is 5.89. The number of Topliss-reactive ketones (excluding diaryl/α,β-unsaturated/α-hetero) is 1. The van der Waals surface area contributed by atoms with Crippen molar-refractivity contribution in [3.8, 4) is 11.5 Å². The number of ketones is 1. The minimum absolute atomic E-state index is 0.181. The van der Waals surface area contributed by atoms with Crippen LogP contribution in [0.2, 0.25) is 0 Å². The smallest absolute Gasteiger partial charge is 0.161 e. The van der Waals surface area contributed by atoms with Crippen LogP contribution >= 0.6 is 0 Å². The first-order valence-corrected chi connectivity index (χ1v) is 9.84. The molecular weight excluding hydrogens is 364 g/mol. The minimum Gasteiger partial charge on any atom is -0.497 e. The van der Waals surface area contributed by atoms with Gasteiger partial charge in [0.2, 0.25) is 0 Å². The number of fused-ring (bicyclic) bond motifs is 3. The number of carbonyl (C=O) groups excluding carboxylic acids is 1. The highest BCUT2D eigenvalue weighted by Gasteiger charge is 2.37. The quantitative estimate of drug-likeness (QED) is 0.700. The molecule has 1 unspecified atom stereocenters. The molecule has 0 saturated heterocycles. The average molecular weight is 386 g/mol. The van der Waals surface area contributed by atoms with E-state index in [0.717, 1.165) is 63.3 Å². The Balaban J connectivity index is 1.80. The number of carbonyl (C=O) groups is 1. The number of pyridine rings is 1. The molecular formula is C24H22N2O3. The summed E-state index contributed by atoms with van der Waals surface area (Å²) < 4.78 is 11.1. The molecule has 0 bridgehead atoms. The molecule has 1 atom stereocenters. The van der Waals surface area contributed by atoms with Gasteiger partial charge in [-0.05, 0) is 42.7 Å². The highest BCUT2D eigenvalue weighted by atomic mass is 16.5. The van der Waals surface area contributed by atoms with Crippen molar-refractivity contribution < 1.29 is 14.3 Å². The zero-order valence-corrected chi connectivity index (χ0v) is 16.5. The van der Waals surface area contributed by atoms with Crippen molar-refractivity contribution in [1.29, 1.82) is 0 Å². The monoisotopic (exact) mass is 386 g/mol. The number of hydrogen-bond donors (Lipinski definition) is 1. The first-order chi connectivity index (χ1) is 14.2. The van der Waals surface area contributed by atoms with E-state index in [-0.39, 0.29) is 11.7 Å². The molecule has 1 aliphatic heterocycles. The molecule has 1 aliphatic carbocycles. The standard InChI is InChI=1S/C24H22N2O3/c1-28-14-8-9-16(21(13-14)29-2)22-17-10-11-18-15(5-4-12-25-18)24(17)26-19-6-3-7-20(27)23(19)22/h4-5,8-13,22,26H,3,6-7H2,1-2H3. The molecule has 146 valence electrons. The summed E-state index contributed by atoms with van der Waals surface area (Å²) in [7, 11) is 3.29. The Bertz CT molecular complexity index is 1170. The third-order valence-corrected chi connectivity index (χ3v) is 5.90. The molecule has 0 saturated carbocycles. The van der Waals surface area contributed by atoms with E-state index in [4.69, 9.17) is 9.47 Å². The number of methoxy groups -OCH3 is 2. The number of anilines is 1. The van der Waals surface area contributed by atoms with Gasteiger partial charge < -0.3 is 14.8 Å². The fraction of sp³-hybridized carbons (Fsp3) is 0.250. The lowest BCUT2D eigenvalue weighted by Gasteiger charge is -2.35. The summed E-state index contributed by atoms with van der Waals surface area (Å²) in [5.74, 6) is 1.48. The van der Waals surface area contributed by atoms with Crippen LogP contribution < -0.4 is 14.8 Å². The zero-order valence-electron chi connectivity index (χ0n) is 16.5. The van der Waals surface area contributed by atoms with Gasteiger partial charge in [0.1, 0.15) is 11.5 Å². The second-order valence-corrected chi connectivity index (χ2v) is 7.43. The Morgan fingerprint density at radius 3 is 2.72 bits per heavy atom. The number of nitrogens with zero attached hydrogens (tertiary/aromatic N) is 1. The molecule has 29 heavy (non-hydrogen) atoms. The molecule has 2 aliphatic rings. The van der Waals surface area contributed by atoms with Gasteiger partial charge in [-0.1, -0.05) is 12.1 Å². The number of ether oxygens (including phenoxy) is 2. The van der Waals surface area contributed by atoms with E-state index >= 15 is 0 Å². The van der Waals surface area contributed by atoms with Crippen molar-refractivity contribution in [3.05, 3.63) is 71.1 Å². The van der Waals surface area contributed by atoms with Gasteiger partial charge in [-0.15, -0.1) is 0 Å². The van der Waals surface area contributed by atoms with E-state index in [9.17, 15) is 4.79 Å². The summed E-state index contributed by atoms with van der Waals surface area (Å²) in [5, 5.41) is 4.65. The predicted octanol–water partition coefficient (Wildman–Crippen LogP) is 4.82.